The molecule has 0 aliphatic heterocycles. The largest absolute Gasteiger partial charge is 0.265 e. The van der Waals surface area contributed by atoms with Crippen molar-refractivity contribution in [3.63, 3.8) is 0 Å². The van der Waals surface area contributed by atoms with E-state index in [9.17, 15) is 0 Å². The van der Waals surface area contributed by atoms with E-state index in [4.69, 9.17) is 51.4 Å². The SMILES string of the molecule is [C-]#[N+]c1ccc2c(c1)C(C)(C)c1cc(-c3ccc(-c4nc5ccccc5c5c6cccnc6c6ncccc6c45)c4ccccc34)ccc1-2.c1ccc2c(c1)nc(-c1ccc(-c3ccncc3)c3ccccc13)c1c3cccnc3c3ncccc3c21.c1cncc(-c2ccc(-c3nc4ccccc4c4c5cccnc5c5ncccc5c34)c3ccccc23)c1. The molecule has 1 aliphatic rings. The van der Waals surface area contributed by atoms with Crippen LogP contribution in [-0.4, -0.2) is 54.8 Å². The lowest BCUT2D eigenvalue weighted by Gasteiger charge is -2.22. The Morgan fingerprint density at radius 1 is 0.224 bits per heavy atom. The maximum atomic E-state index is 7.57. The maximum Gasteiger partial charge on any atom is 0.187 e. The summed E-state index contributed by atoms with van der Waals surface area (Å²) in [6, 6.07) is 110. The van der Waals surface area contributed by atoms with Crippen molar-refractivity contribution in [3.8, 4) is 78.3 Å². The van der Waals surface area contributed by atoms with E-state index in [1.807, 2.05) is 110 Å². The monoisotopic (exact) mass is 1590 g/mol. The molecule has 0 radical (unpaired) electrons. The zero-order valence-electron chi connectivity index (χ0n) is 67.7. The van der Waals surface area contributed by atoms with Crippen molar-refractivity contribution in [1.82, 2.24) is 54.8 Å². The zero-order valence-corrected chi connectivity index (χ0v) is 67.7. The quantitative estimate of drug-likeness (QED) is 0.116. The number of rotatable bonds is 6. The Labute approximate surface area is 716 Å². The number of benzene rings is 14. The fraction of sp³-hybridized carbons (Fsp3) is 0.0265. The molecule has 125 heavy (non-hydrogen) atoms. The molecule has 0 saturated heterocycles. The van der Waals surface area contributed by atoms with Crippen LogP contribution in [0.4, 0.5) is 5.69 Å². The van der Waals surface area contributed by atoms with Crippen LogP contribution >= 0.6 is 0 Å². The Balaban J connectivity index is 0.000000106. The summed E-state index contributed by atoms with van der Waals surface area (Å²) in [5, 5.41) is 23.5. The molecule has 25 aromatic rings. The lowest BCUT2D eigenvalue weighted by molar-refractivity contribution is 0.661. The Hall–Kier alpha value is -16.9. The van der Waals surface area contributed by atoms with Gasteiger partial charge < -0.3 is 0 Å². The van der Waals surface area contributed by atoms with Gasteiger partial charge in [-0.05, 0) is 161 Å². The summed E-state index contributed by atoms with van der Waals surface area (Å²) in [7, 11) is 0. The standard InChI is InChI=1S/C45H28N4.2C34H20N4/c1-45(2)37-24-26(16-18-31(37)32-19-17-27(46-3)25-38(32)45)28-20-21-33(30-11-5-4-10-29(28)30)42-41-36-14-9-23-48-44(36)43-35(13-8-22-47-43)40(41)34-12-6-7-15-39(34)49-42;1-2-10-24-23(9-1)22(21-8-5-17-35-20-21)15-16-25(24)32-31-28-13-7-19-37-34(28)33-27(12-6-18-36-33)30(31)26-11-3-4-14-29(26)38-32;1-2-8-24-23(7-1)22(21-15-19-35-20-16-21)13-14-25(24)32-31-28-11-6-18-37-34(28)33-27(10-5-17-36-33)30(31)26-9-3-4-12-29(26)38-32/h4-25H,1-2H3;2*1-20H. The number of hydrogen-bond donors (Lipinski definition) is 0. The van der Waals surface area contributed by atoms with Gasteiger partial charge in [0.25, 0.3) is 0 Å². The summed E-state index contributed by atoms with van der Waals surface area (Å²) < 4.78 is 0. The first kappa shape index (κ1) is 72.2. The lowest BCUT2D eigenvalue weighted by atomic mass is 9.81. The molecule has 0 bridgehead atoms. The van der Waals surface area contributed by atoms with E-state index >= 15 is 0 Å². The van der Waals surface area contributed by atoms with E-state index in [-0.39, 0.29) is 5.41 Å². The van der Waals surface area contributed by atoms with Crippen molar-refractivity contribution in [3.05, 3.63) is 400 Å². The second-order valence-electron chi connectivity index (χ2n) is 32.4. The third-order valence-electron chi connectivity index (χ3n) is 25.4. The summed E-state index contributed by atoms with van der Waals surface area (Å²) in [5.41, 5.74) is 26.8. The first-order valence-corrected chi connectivity index (χ1v) is 41.9. The molecule has 0 amide bonds. The van der Waals surface area contributed by atoms with Crippen LogP contribution in [0.15, 0.2) is 377 Å². The fourth-order valence-corrected chi connectivity index (χ4v) is 19.9. The van der Waals surface area contributed by atoms with Gasteiger partial charge in [0.2, 0.25) is 0 Å². The fourth-order valence-electron chi connectivity index (χ4n) is 19.9. The summed E-state index contributed by atoms with van der Waals surface area (Å²) >= 11 is 0. The van der Waals surface area contributed by atoms with E-state index in [1.165, 1.54) is 55.1 Å². The first-order valence-electron chi connectivity index (χ1n) is 41.9. The van der Waals surface area contributed by atoms with Gasteiger partial charge in [-0.1, -0.05) is 250 Å². The molecule has 11 aromatic heterocycles. The zero-order chi connectivity index (χ0) is 83.0. The topological polar surface area (TPSA) is 146 Å². The van der Waals surface area contributed by atoms with Gasteiger partial charge in [-0.2, -0.15) is 0 Å². The molecular weight excluding hydrogens is 1530 g/mol. The van der Waals surface area contributed by atoms with Crippen molar-refractivity contribution < 1.29 is 0 Å². The van der Waals surface area contributed by atoms with Crippen LogP contribution in [0.5, 0.6) is 0 Å². The number of fused-ring (bicyclic) bond motifs is 30. The molecule has 580 valence electrons. The smallest absolute Gasteiger partial charge is 0.187 e. The second kappa shape index (κ2) is 29.0. The highest BCUT2D eigenvalue weighted by Crippen LogP contribution is 2.54. The van der Waals surface area contributed by atoms with Crippen LogP contribution < -0.4 is 0 Å². The van der Waals surface area contributed by atoms with Crippen LogP contribution in [-0.2, 0) is 5.41 Å². The molecule has 0 N–H and O–H groups in total. The van der Waals surface area contributed by atoms with Crippen molar-refractivity contribution >= 4 is 168 Å². The molecule has 14 aromatic carbocycles. The molecule has 0 unspecified atom stereocenters. The molecule has 0 spiro atoms. The van der Waals surface area contributed by atoms with Crippen LogP contribution in [0.2, 0.25) is 0 Å². The van der Waals surface area contributed by atoms with E-state index in [0.717, 1.165) is 197 Å². The van der Waals surface area contributed by atoms with Crippen LogP contribution in [0.1, 0.15) is 25.0 Å². The molecule has 11 heterocycles. The van der Waals surface area contributed by atoms with Gasteiger partial charge in [-0.3, -0.25) is 39.9 Å². The van der Waals surface area contributed by atoms with Crippen molar-refractivity contribution in [2.45, 2.75) is 19.3 Å². The third kappa shape index (κ3) is 11.4. The van der Waals surface area contributed by atoms with Crippen LogP contribution in [0, 0.1) is 6.57 Å². The predicted molar refractivity (Wildman–Crippen MR) is 514 cm³/mol. The van der Waals surface area contributed by atoms with Gasteiger partial charge in [0.05, 0.1) is 73.3 Å². The van der Waals surface area contributed by atoms with Gasteiger partial charge in [0.1, 0.15) is 0 Å². The minimum atomic E-state index is -0.211. The number of aromatic nitrogens is 11. The number of para-hydroxylation sites is 3. The van der Waals surface area contributed by atoms with Crippen molar-refractivity contribution in [2.75, 3.05) is 0 Å². The third-order valence-corrected chi connectivity index (χ3v) is 25.4. The Kier molecular flexibility index (Phi) is 16.7. The summed E-state index contributed by atoms with van der Waals surface area (Å²) in [6.45, 7) is 12.1. The van der Waals surface area contributed by atoms with E-state index in [0.29, 0.717) is 5.69 Å². The molecule has 12 heteroatoms. The van der Waals surface area contributed by atoms with Crippen molar-refractivity contribution in [2.24, 2.45) is 0 Å². The number of hydrogen-bond acceptors (Lipinski definition) is 11. The minimum Gasteiger partial charge on any atom is -0.265 e. The number of nitrogens with zero attached hydrogens (tertiary/aromatic N) is 12. The van der Waals surface area contributed by atoms with E-state index in [2.05, 4.69) is 296 Å². The molecule has 12 nitrogen and oxygen atoms in total. The van der Waals surface area contributed by atoms with Crippen LogP contribution in [0.3, 0.4) is 0 Å². The molecule has 1 aliphatic carbocycles. The number of pyridine rings is 11. The van der Waals surface area contributed by atoms with Gasteiger partial charge in [-0.15, -0.1) is 0 Å². The summed E-state index contributed by atoms with van der Waals surface area (Å²) in [5.74, 6) is 0. The predicted octanol–water partition coefficient (Wildman–Crippen LogP) is 28.6. The maximum absolute atomic E-state index is 7.57. The minimum absolute atomic E-state index is 0.211. The molecule has 26 rings (SSSR count). The first-order chi connectivity index (χ1) is 61.8. The summed E-state index contributed by atoms with van der Waals surface area (Å²) in [6.07, 6.45) is 18.5. The average molecular weight is 1590 g/mol. The average Bonchev–Trinajstić information content (AvgIpc) is 1.48. The molecule has 0 saturated carbocycles. The Morgan fingerprint density at radius 3 is 0.888 bits per heavy atom. The molecule has 0 atom stereocenters. The molecule has 0 fully saturated rings. The second-order valence-corrected chi connectivity index (χ2v) is 32.4. The van der Waals surface area contributed by atoms with Gasteiger partial charge in [0, 0.05) is 170 Å². The van der Waals surface area contributed by atoms with Crippen molar-refractivity contribution in [1.29, 1.82) is 0 Å². The summed E-state index contributed by atoms with van der Waals surface area (Å²) in [4.78, 5) is 57.2. The van der Waals surface area contributed by atoms with Gasteiger partial charge in [-0.25, -0.2) is 19.8 Å². The normalized spacial score (nSPS) is 12.3. The van der Waals surface area contributed by atoms with E-state index in [1.54, 1.807) is 0 Å². The highest BCUT2D eigenvalue weighted by molar-refractivity contribution is 6.36. The lowest BCUT2D eigenvalue weighted by Crippen LogP contribution is -2.14. The van der Waals surface area contributed by atoms with E-state index < -0.39 is 0 Å². The highest BCUT2D eigenvalue weighted by Gasteiger charge is 2.36. The Bertz CT molecular complexity index is 8620. The van der Waals surface area contributed by atoms with Gasteiger partial charge in [0.15, 0.2) is 5.69 Å². The van der Waals surface area contributed by atoms with Crippen LogP contribution in [0.25, 0.3) is 246 Å². The Morgan fingerprint density at radius 2 is 0.520 bits per heavy atom. The van der Waals surface area contributed by atoms with Gasteiger partial charge >= 0.3 is 0 Å². The molecular formula is C113H68N12. The highest BCUT2D eigenvalue weighted by atomic mass is 14.8.